The van der Waals surface area contributed by atoms with Crippen molar-refractivity contribution in [2.24, 2.45) is 5.92 Å². The van der Waals surface area contributed by atoms with E-state index in [1.54, 1.807) is 18.2 Å². The Morgan fingerprint density at radius 2 is 2.09 bits per heavy atom. The first-order chi connectivity index (χ1) is 10.7. The third kappa shape index (κ3) is 4.44. The number of hydrogen-bond acceptors (Lipinski definition) is 4. The quantitative estimate of drug-likeness (QED) is 0.858. The summed E-state index contributed by atoms with van der Waals surface area (Å²) in [4.78, 5) is 12.3. The number of amides is 1. The summed E-state index contributed by atoms with van der Waals surface area (Å²) in [6, 6.07) is 4.74. The van der Waals surface area contributed by atoms with E-state index in [1.165, 1.54) is 18.4 Å². The molecule has 0 spiro atoms. The number of nitrogens with one attached hydrogen (secondary N) is 1. The van der Waals surface area contributed by atoms with Gasteiger partial charge in [0.15, 0.2) is 0 Å². The van der Waals surface area contributed by atoms with Crippen molar-refractivity contribution in [3.63, 3.8) is 0 Å². The van der Waals surface area contributed by atoms with E-state index in [9.17, 15) is 13.2 Å². The summed E-state index contributed by atoms with van der Waals surface area (Å²) in [7, 11) is -0.360. The van der Waals surface area contributed by atoms with Crippen LogP contribution in [0.15, 0.2) is 18.2 Å². The molecule has 2 rings (SSSR count). The highest BCUT2D eigenvalue weighted by Crippen LogP contribution is 2.20. The number of carbonyl (C=O) groups is 1. The molecule has 23 heavy (non-hydrogen) atoms. The second-order valence-corrected chi connectivity index (χ2v) is 8.54. The van der Waals surface area contributed by atoms with Gasteiger partial charge in [-0.25, -0.2) is 12.7 Å². The maximum absolute atomic E-state index is 12.3. The molecule has 8 heteroatoms. The summed E-state index contributed by atoms with van der Waals surface area (Å²) in [6.45, 7) is 2.47. The van der Waals surface area contributed by atoms with Crippen LogP contribution >= 0.6 is 11.6 Å². The molecule has 1 fully saturated rings. The molecule has 128 valence electrons. The van der Waals surface area contributed by atoms with Crippen LogP contribution in [0.5, 0.6) is 0 Å². The van der Waals surface area contributed by atoms with Gasteiger partial charge in [-0.2, -0.15) is 0 Å². The van der Waals surface area contributed by atoms with E-state index in [0.29, 0.717) is 23.8 Å². The Bertz CT molecular complexity index is 691. The smallest absolute Gasteiger partial charge is 0.251 e. The van der Waals surface area contributed by atoms with Crippen molar-refractivity contribution < 1.29 is 17.9 Å². The van der Waals surface area contributed by atoms with Crippen LogP contribution in [0, 0.1) is 12.8 Å². The second kappa shape index (κ2) is 7.17. The lowest BCUT2D eigenvalue weighted by Crippen LogP contribution is -2.43. The van der Waals surface area contributed by atoms with Crippen molar-refractivity contribution in [2.45, 2.75) is 13.0 Å². The van der Waals surface area contributed by atoms with Gasteiger partial charge in [0, 0.05) is 30.6 Å². The second-order valence-electron chi connectivity index (χ2n) is 5.90. The monoisotopic (exact) mass is 360 g/mol. The van der Waals surface area contributed by atoms with Gasteiger partial charge in [0.1, 0.15) is 0 Å². The topological polar surface area (TPSA) is 75.7 Å². The zero-order valence-corrected chi connectivity index (χ0v) is 14.9. The minimum atomic E-state index is -3.35. The van der Waals surface area contributed by atoms with Gasteiger partial charge in [0.2, 0.25) is 10.0 Å². The van der Waals surface area contributed by atoms with Crippen LogP contribution in [0.3, 0.4) is 0 Å². The van der Waals surface area contributed by atoms with Gasteiger partial charge >= 0.3 is 0 Å². The number of hydrogen-bond donors (Lipinski definition) is 1. The minimum absolute atomic E-state index is 0.0560. The molecular formula is C15H21ClN2O4S. The number of aryl methyl sites for hydroxylation is 1. The van der Waals surface area contributed by atoms with Gasteiger partial charge in [-0.05, 0) is 24.6 Å². The molecule has 0 radical (unpaired) electrons. The average molecular weight is 361 g/mol. The molecule has 1 heterocycles. The maximum atomic E-state index is 12.3. The number of ether oxygens (including phenoxy) is 1. The average Bonchev–Trinajstić information content (AvgIpc) is 2.88. The molecule has 1 amide bonds. The summed E-state index contributed by atoms with van der Waals surface area (Å²) < 4.78 is 30.6. The Morgan fingerprint density at radius 3 is 2.70 bits per heavy atom. The molecule has 0 bridgehead atoms. The van der Waals surface area contributed by atoms with Crippen molar-refractivity contribution in [3.8, 4) is 0 Å². The van der Waals surface area contributed by atoms with E-state index < -0.39 is 10.0 Å². The third-order valence-corrected chi connectivity index (χ3v) is 6.30. The minimum Gasteiger partial charge on any atom is -0.379 e. The van der Waals surface area contributed by atoms with E-state index in [0.717, 1.165) is 5.56 Å². The first kappa shape index (κ1) is 18.2. The number of carbonyl (C=O) groups excluding carboxylic acids is 1. The lowest BCUT2D eigenvalue weighted by molar-refractivity contribution is 0.0926. The zero-order chi connectivity index (χ0) is 17.2. The number of sulfonamides is 1. The lowest BCUT2D eigenvalue weighted by Gasteiger charge is -2.21. The summed E-state index contributed by atoms with van der Waals surface area (Å²) in [6.07, 6.45) is 0. The molecule has 1 saturated heterocycles. The predicted molar refractivity (Wildman–Crippen MR) is 89.2 cm³/mol. The molecular weight excluding hydrogens is 340 g/mol. The lowest BCUT2D eigenvalue weighted by atomic mass is 10.1. The fraction of sp³-hybridized carbons (Fsp3) is 0.533. The van der Waals surface area contributed by atoms with Gasteiger partial charge in [-0.15, -0.1) is 0 Å². The van der Waals surface area contributed by atoms with Crippen molar-refractivity contribution in [1.29, 1.82) is 0 Å². The van der Waals surface area contributed by atoms with Crippen LogP contribution in [0.2, 0.25) is 5.02 Å². The standard InChI is InChI=1S/C15H21ClN2O4S/c1-10-4-5-11(6-13(10)16)15(19)17-14-8-22-7-12(14)9-23(20,21)18(2)3/h4-6,12,14H,7-9H2,1-3H3,(H,17,19). The van der Waals surface area contributed by atoms with Gasteiger partial charge in [0.05, 0.1) is 25.0 Å². The number of benzene rings is 1. The van der Waals surface area contributed by atoms with Crippen LogP contribution < -0.4 is 5.32 Å². The Labute approximate surface area is 141 Å². The Kier molecular flexibility index (Phi) is 5.67. The van der Waals surface area contributed by atoms with E-state index >= 15 is 0 Å². The SMILES string of the molecule is Cc1ccc(C(=O)NC2COCC2CS(=O)(=O)N(C)C)cc1Cl. The highest BCUT2D eigenvalue weighted by Gasteiger charge is 2.34. The molecule has 0 aliphatic carbocycles. The van der Waals surface area contributed by atoms with Gasteiger partial charge < -0.3 is 10.1 Å². The summed E-state index contributed by atoms with van der Waals surface area (Å²) in [5.41, 5.74) is 1.34. The van der Waals surface area contributed by atoms with E-state index in [2.05, 4.69) is 5.32 Å². The van der Waals surface area contributed by atoms with E-state index in [-0.39, 0.29) is 23.6 Å². The van der Waals surface area contributed by atoms with E-state index in [4.69, 9.17) is 16.3 Å². The molecule has 0 aromatic heterocycles. The van der Waals surface area contributed by atoms with Crippen LogP contribution in [-0.2, 0) is 14.8 Å². The zero-order valence-electron chi connectivity index (χ0n) is 13.4. The summed E-state index contributed by atoms with van der Waals surface area (Å²) in [5, 5.41) is 3.37. The first-order valence-corrected chi connectivity index (χ1v) is 9.24. The van der Waals surface area contributed by atoms with Crippen molar-refractivity contribution in [1.82, 2.24) is 9.62 Å². The van der Waals surface area contributed by atoms with Crippen LogP contribution in [0.25, 0.3) is 0 Å². The van der Waals surface area contributed by atoms with Gasteiger partial charge in [-0.3, -0.25) is 4.79 Å². The Balaban J connectivity index is 2.06. The van der Waals surface area contributed by atoms with Gasteiger partial charge in [-0.1, -0.05) is 17.7 Å². The van der Waals surface area contributed by atoms with Crippen molar-refractivity contribution in [3.05, 3.63) is 34.3 Å². The molecule has 2 unspecified atom stereocenters. The molecule has 2 atom stereocenters. The number of nitrogens with zero attached hydrogens (tertiary/aromatic N) is 1. The fourth-order valence-corrected chi connectivity index (χ4v) is 3.68. The van der Waals surface area contributed by atoms with Crippen LogP contribution in [0.4, 0.5) is 0 Å². The molecule has 1 aromatic carbocycles. The summed E-state index contributed by atoms with van der Waals surface area (Å²) in [5.74, 6) is -0.610. The maximum Gasteiger partial charge on any atom is 0.251 e. The fourth-order valence-electron chi connectivity index (χ4n) is 2.33. The van der Waals surface area contributed by atoms with Crippen molar-refractivity contribution >= 4 is 27.5 Å². The molecule has 1 aliphatic rings. The largest absolute Gasteiger partial charge is 0.379 e. The predicted octanol–water partition coefficient (Wildman–Crippen LogP) is 1.28. The third-order valence-electron chi connectivity index (χ3n) is 3.93. The highest BCUT2D eigenvalue weighted by molar-refractivity contribution is 7.89. The first-order valence-electron chi connectivity index (χ1n) is 7.25. The molecule has 1 aliphatic heterocycles. The van der Waals surface area contributed by atoms with Crippen molar-refractivity contribution in [2.75, 3.05) is 33.1 Å². The molecule has 6 nitrogen and oxygen atoms in total. The van der Waals surface area contributed by atoms with Gasteiger partial charge in [0.25, 0.3) is 5.91 Å². The molecule has 0 saturated carbocycles. The normalized spacial score (nSPS) is 21.6. The van der Waals surface area contributed by atoms with Crippen LogP contribution in [-0.4, -0.2) is 57.7 Å². The number of halogens is 1. The Hall–Kier alpha value is -1.15. The van der Waals surface area contributed by atoms with E-state index in [1.807, 2.05) is 6.92 Å². The Morgan fingerprint density at radius 1 is 1.39 bits per heavy atom. The summed E-state index contributed by atoms with van der Waals surface area (Å²) >= 11 is 6.04. The molecule has 1 aromatic rings. The van der Waals surface area contributed by atoms with Crippen LogP contribution in [0.1, 0.15) is 15.9 Å². The molecule has 1 N–H and O–H groups in total. The highest BCUT2D eigenvalue weighted by atomic mass is 35.5. The number of rotatable bonds is 5.